The van der Waals surface area contributed by atoms with Gasteiger partial charge in [-0.2, -0.15) is 13.2 Å². The topological polar surface area (TPSA) is 58.6 Å². The summed E-state index contributed by atoms with van der Waals surface area (Å²) in [6, 6.07) is 2.20. The third-order valence-electron chi connectivity index (χ3n) is 4.36. The van der Waals surface area contributed by atoms with Gasteiger partial charge in [-0.3, -0.25) is 4.90 Å². The van der Waals surface area contributed by atoms with Crippen molar-refractivity contribution >= 4 is 21.6 Å². The van der Waals surface area contributed by atoms with Gasteiger partial charge in [0.05, 0.1) is 23.8 Å². The number of halogens is 4. The molecule has 1 aromatic rings. The zero-order chi connectivity index (χ0) is 20.2. The van der Waals surface area contributed by atoms with Crippen molar-refractivity contribution in [2.45, 2.75) is 37.4 Å². The molecule has 0 aromatic heterocycles. The Morgan fingerprint density at radius 2 is 1.89 bits per heavy atom. The van der Waals surface area contributed by atoms with Crippen LogP contribution in [0.15, 0.2) is 23.1 Å². The number of nitrogens with zero attached hydrogens (tertiary/aromatic N) is 1. The third kappa shape index (κ3) is 6.32. The van der Waals surface area contributed by atoms with Gasteiger partial charge in [-0.25, -0.2) is 13.1 Å². The van der Waals surface area contributed by atoms with Gasteiger partial charge in [0.1, 0.15) is 4.90 Å². The van der Waals surface area contributed by atoms with E-state index in [1.165, 1.54) is 0 Å². The molecule has 1 heterocycles. The van der Waals surface area contributed by atoms with Gasteiger partial charge in [0.25, 0.3) is 0 Å². The number of rotatable bonds is 7. The van der Waals surface area contributed by atoms with Crippen LogP contribution in [0.4, 0.5) is 13.2 Å². The molecule has 154 valence electrons. The van der Waals surface area contributed by atoms with Gasteiger partial charge in [0, 0.05) is 25.7 Å². The summed E-state index contributed by atoms with van der Waals surface area (Å²) < 4.78 is 71.7. The largest absolute Gasteiger partial charge is 0.416 e. The second kappa shape index (κ2) is 9.09. The highest BCUT2D eigenvalue weighted by molar-refractivity contribution is 7.89. The Bertz CT molecular complexity index is 735. The molecule has 1 unspecified atom stereocenters. The molecule has 0 radical (unpaired) electrons. The average molecular weight is 429 g/mol. The predicted octanol–water partition coefficient (Wildman–Crippen LogP) is 3.38. The number of ether oxygens (including phenoxy) is 1. The second-order valence-corrected chi connectivity index (χ2v) is 9.07. The molecule has 10 heteroatoms. The molecule has 1 N–H and O–H groups in total. The molecule has 0 spiro atoms. The van der Waals surface area contributed by atoms with Crippen molar-refractivity contribution in [2.75, 3.05) is 32.8 Å². The number of hydrogen-bond acceptors (Lipinski definition) is 4. The smallest absolute Gasteiger partial charge is 0.379 e. The Labute approximate surface area is 162 Å². The molecule has 1 aliphatic heterocycles. The van der Waals surface area contributed by atoms with Crippen molar-refractivity contribution in [3.05, 3.63) is 28.8 Å². The Morgan fingerprint density at radius 3 is 2.44 bits per heavy atom. The van der Waals surface area contributed by atoms with E-state index in [-0.39, 0.29) is 17.6 Å². The van der Waals surface area contributed by atoms with Crippen molar-refractivity contribution in [1.29, 1.82) is 0 Å². The number of morpholine rings is 1. The minimum absolute atomic E-state index is 0.0757. The standard InChI is InChI=1S/C17H24ClF3N2O3S/c1-12(2)9-14(23-5-7-26-8-6-23)11-22-27(24,25)16-10-13(17(19,20)21)3-4-15(16)18/h3-4,10,12,14,22H,5-9,11H2,1-2H3. The molecule has 2 rings (SSSR count). The summed E-state index contributed by atoms with van der Waals surface area (Å²) in [6.07, 6.45) is -3.90. The fourth-order valence-corrected chi connectivity index (χ4v) is 4.61. The van der Waals surface area contributed by atoms with Crippen LogP contribution in [0.5, 0.6) is 0 Å². The van der Waals surface area contributed by atoms with Gasteiger partial charge in [0.15, 0.2) is 0 Å². The highest BCUT2D eigenvalue weighted by atomic mass is 35.5. The third-order valence-corrected chi connectivity index (χ3v) is 6.27. The van der Waals surface area contributed by atoms with Crippen LogP contribution < -0.4 is 4.72 Å². The van der Waals surface area contributed by atoms with E-state index in [1.54, 1.807) is 0 Å². The van der Waals surface area contributed by atoms with Gasteiger partial charge >= 0.3 is 6.18 Å². The molecule has 1 atom stereocenters. The summed E-state index contributed by atoms with van der Waals surface area (Å²) in [6.45, 7) is 6.67. The maximum Gasteiger partial charge on any atom is 0.416 e. The van der Waals surface area contributed by atoms with Gasteiger partial charge in [-0.05, 0) is 30.5 Å². The highest BCUT2D eigenvalue weighted by Gasteiger charge is 2.33. The fraction of sp³-hybridized carbons (Fsp3) is 0.647. The molecular formula is C17H24ClF3N2O3S. The lowest BCUT2D eigenvalue weighted by molar-refractivity contribution is -0.137. The normalized spacial score (nSPS) is 18.0. The molecule has 1 aliphatic rings. The van der Waals surface area contributed by atoms with Crippen LogP contribution in [0.25, 0.3) is 0 Å². The lowest BCUT2D eigenvalue weighted by Gasteiger charge is -2.35. The van der Waals surface area contributed by atoms with Crippen LogP contribution in [-0.4, -0.2) is 52.2 Å². The van der Waals surface area contributed by atoms with Gasteiger partial charge in [-0.15, -0.1) is 0 Å². The van der Waals surface area contributed by atoms with Crippen LogP contribution in [0.2, 0.25) is 5.02 Å². The van der Waals surface area contributed by atoms with Gasteiger partial charge < -0.3 is 4.74 Å². The van der Waals surface area contributed by atoms with Crippen molar-refractivity contribution in [3.63, 3.8) is 0 Å². The van der Waals surface area contributed by atoms with Gasteiger partial charge in [-0.1, -0.05) is 25.4 Å². The van der Waals surface area contributed by atoms with E-state index in [4.69, 9.17) is 16.3 Å². The van der Waals surface area contributed by atoms with Crippen molar-refractivity contribution in [2.24, 2.45) is 5.92 Å². The van der Waals surface area contributed by atoms with Crippen LogP contribution in [0, 0.1) is 5.92 Å². The quantitative estimate of drug-likeness (QED) is 0.723. The zero-order valence-corrected chi connectivity index (χ0v) is 16.8. The fourth-order valence-electron chi connectivity index (χ4n) is 3.02. The van der Waals surface area contributed by atoms with Gasteiger partial charge in [0.2, 0.25) is 10.0 Å². The van der Waals surface area contributed by atoms with E-state index in [0.29, 0.717) is 38.3 Å². The zero-order valence-electron chi connectivity index (χ0n) is 15.2. The SMILES string of the molecule is CC(C)CC(CNS(=O)(=O)c1cc(C(F)(F)F)ccc1Cl)N1CCOCC1. The summed E-state index contributed by atoms with van der Waals surface area (Å²) in [5.41, 5.74) is -1.06. The molecule has 27 heavy (non-hydrogen) atoms. The van der Waals surface area contributed by atoms with Crippen LogP contribution >= 0.6 is 11.6 Å². The molecule has 5 nitrogen and oxygen atoms in total. The molecule has 0 saturated carbocycles. The Morgan fingerprint density at radius 1 is 1.26 bits per heavy atom. The molecule has 0 aliphatic carbocycles. The summed E-state index contributed by atoms with van der Waals surface area (Å²) >= 11 is 5.87. The first kappa shape index (κ1) is 22.4. The molecule has 1 fully saturated rings. The van der Waals surface area contributed by atoms with Crippen LogP contribution in [-0.2, 0) is 20.9 Å². The highest BCUT2D eigenvalue weighted by Crippen LogP contribution is 2.33. The van der Waals surface area contributed by atoms with E-state index >= 15 is 0 Å². The van der Waals surface area contributed by atoms with Crippen molar-refractivity contribution in [3.8, 4) is 0 Å². The van der Waals surface area contributed by atoms with Crippen molar-refractivity contribution in [1.82, 2.24) is 9.62 Å². The minimum Gasteiger partial charge on any atom is -0.379 e. The molecule has 1 aromatic carbocycles. The summed E-state index contributed by atoms with van der Waals surface area (Å²) in [4.78, 5) is 1.57. The molecule has 0 amide bonds. The number of sulfonamides is 1. The molecule has 1 saturated heterocycles. The Kier molecular flexibility index (Phi) is 7.54. The Hall–Kier alpha value is -0.870. The predicted molar refractivity (Wildman–Crippen MR) is 97.3 cm³/mol. The first-order chi connectivity index (χ1) is 12.5. The van der Waals surface area contributed by atoms with E-state index in [9.17, 15) is 21.6 Å². The maximum atomic E-state index is 12.9. The first-order valence-corrected chi connectivity index (χ1v) is 10.5. The van der Waals surface area contributed by atoms with Crippen molar-refractivity contribution < 1.29 is 26.3 Å². The van der Waals surface area contributed by atoms with Crippen LogP contribution in [0.3, 0.4) is 0 Å². The lowest BCUT2D eigenvalue weighted by Crippen LogP contribution is -2.49. The molecular weight excluding hydrogens is 405 g/mol. The summed E-state index contributed by atoms with van der Waals surface area (Å²) in [5.74, 6) is 0.333. The van der Waals surface area contributed by atoms with E-state index < -0.39 is 26.7 Å². The number of benzene rings is 1. The lowest BCUT2D eigenvalue weighted by atomic mass is 10.0. The monoisotopic (exact) mass is 428 g/mol. The molecule has 0 bridgehead atoms. The summed E-state index contributed by atoms with van der Waals surface area (Å²) in [7, 11) is -4.18. The van der Waals surface area contributed by atoms with E-state index in [0.717, 1.165) is 18.6 Å². The summed E-state index contributed by atoms with van der Waals surface area (Å²) in [5, 5.41) is -0.248. The number of nitrogens with one attached hydrogen (secondary N) is 1. The number of hydrogen-bond donors (Lipinski definition) is 1. The second-order valence-electron chi connectivity index (χ2n) is 6.93. The Balaban J connectivity index is 2.18. The minimum atomic E-state index is -4.65. The van der Waals surface area contributed by atoms with E-state index in [1.807, 2.05) is 13.8 Å². The van der Waals surface area contributed by atoms with Crippen LogP contribution in [0.1, 0.15) is 25.8 Å². The average Bonchev–Trinajstić information content (AvgIpc) is 2.58. The van der Waals surface area contributed by atoms with E-state index in [2.05, 4.69) is 9.62 Å². The number of alkyl halides is 3. The first-order valence-electron chi connectivity index (χ1n) is 8.69. The maximum absolute atomic E-state index is 12.9.